The highest BCUT2D eigenvalue weighted by molar-refractivity contribution is 7.09. The van der Waals surface area contributed by atoms with Crippen LogP contribution in [0.4, 0.5) is 0 Å². The first-order chi connectivity index (χ1) is 11.1. The first kappa shape index (κ1) is 15.6. The molecule has 0 saturated carbocycles. The van der Waals surface area contributed by atoms with Crippen LogP contribution in [0.2, 0.25) is 5.02 Å². The summed E-state index contributed by atoms with van der Waals surface area (Å²) in [6.45, 7) is 1.87. The Hall–Kier alpha value is -2.24. The molecule has 6 heteroatoms. The number of pyridine rings is 1. The third-order valence-electron chi connectivity index (χ3n) is 3.35. The maximum Gasteiger partial charge on any atom is 0.271 e. The van der Waals surface area contributed by atoms with Crippen molar-refractivity contribution < 1.29 is 4.79 Å². The SMILES string of the molecule is Cc1nc(C(=O)NC(c2ccc(Cl)cc2)c2cccnc2)cs1. The van der Waals surface area contributed by atoms with E-state index in [1.54, 1.807) is 29.9 Å². The molecule has 4 nitrogen and oxygen atoms in total. The summed E-state index contributed by atoms with van der Waals surface area (Å²) in [5, 5.41) is 6.29. The van der Waals surface area contributed by atoms with Crippen LogP contribution in [0.3, 0.4) is 0 Å². The highest BCUT2D eigenvalue weighted by atomic mass is 35.5. The number of amides is 1. The number of aryl methyl sites for hydroxylation is 1. The second-order valence-electron chi connectivity index (χ2n) is 5.00. The zero-order chi connectivity index (χ0) is 16.2. The molecule has 1 N–H and O–H groups in total. The van der Waals surface area contributed by atoms with E-state index < -0.39 is 0 Å². The van der Waals surface area contributed by atoms with E-state index in [0.29, 0.717) is 10.7 Å². The Labute approximate surface area is 143 Å². The summed E-state index contributed by atoms with van der Waals surface area (Å²) in [7, 11) is 0. The molecule has 1 atom stereocenters. The fourth-order valence-corrected chi connectivity index (χ4v) is 2.95. The van der Waals surface area contributed by atoms with Gasteiger partial charge in [0.25, 0.3) is 5.91 Å². The van der Waals surface area contributed by atoms with Crippen LogP contribution in [0, 0.1) is 6.92 Å². The molecule has 3 aromatic rings. The van der Waals surface area contributed by atoms with Gasteiger partial charge in [-0.15, -0.1) is 11.3 Å². The van der Waals surface area contributed by atoms with Crippen LogP contribution in [0.5, 0.6) is 0 Å². The topological polar surface area (TPSA) is 54.9 Å². The Balaban J connectivity index is 1.92. The lowest BCUT2D eigenvalue weighted by Crippen LogP contribution is -2.29. The number of benzene rings is 1. The van der Waals surface area contributed by atoms with Gasteiger partial charge in [-0.2, -0.15) is 0 Å². The van der Waals surface area contributed by atoms with Gasteiger partial charge < -0.3 is 5.32 Å². The van der Waals surface area contributed by atoms with Crippen molar-refractivity contribution in [3.05, 3.63) is 81.0 Å². The summed E-state index contributed by atoms with van der Waals surface area (Å²) in [6.07, 6.45) is 3.44. The van der Waals surface area contributed by atoms with E-state index in [1.165, 1.54) is 11.3 Å². The van der Waals surface area contributed by atoms with Crippen LogP contribution in [0.1, 0.15) is 32.7 Å². The standard InChI is InChI=1S/C17H14ClN3OS/c1-11-20-15(10-23-11)17(22)21-16(13-3-2-8-19-9-13)12-4-6-14(18)7-5-12/h2-10,16H,1H3,(H,21,22). The molecule has 2 heterocycles. The first-order valence-corrected chi connectivity index (χ1v) is 8.27. The maximum atomic E-state index is 12.5. The van der Waals surface area contributed by atoms with Crippen LogP contribution in [0.25, 0.3) is 0 Å². The summed E-state index contributed by atoms with van der Waals surface area (Å²) in [5.74, 6) is -0.210. The molecule has 1 unspecified atom stereocenters. The molecule has 3 rings (SSSR count). The zero-order valence-corrected chi connectivity index (χ0v) is 13.9. The highest BCUT2D eigenvalue weighted by Crippen LogP contribution is 2.23. The molecule has 2 aromatic heterocycles. The number of hydrogen-bond acceptors (Lipinski definition) is 4. The number of halogens is 1. The van der Waals surface area contributed by atoms with E-state index in [-0.39, 0.29) is 11.9 Å². The van der Waals surface area contributed by atoms with Gasteiger partial charge in [-0.3, -0.25) is 9.78 Å². The van der Waals surface area contributed by atoms with Gasteiger partial charge in [0.05, 0.1) is 11.0 Å². The quantitative estimate of drug-likeness (QED) is 0.778. The molecule has 0 spiro atoms. The average Bonchev–Trinajstić information content (AvgIpc) is 3.01. The lowest BCUT2D eigenvalue weighted by Gasteiger charge is -2.19. The molecule has 23 heavy (non-hydrogen) atoms. The van der Waals surface area contributed by atoms with Crippen molar-refractivity contribution in [3.8, 4) is 0 Å². The van der Waals surface area contributed by atoms with Gasteiger partial charge in [0, 0.05) is 22.8 Å². The van der Waals surface area contributed by atoms with E-state index >= 15 is 0 Å². The molecule has 1 amide bonds. The Kier molecular flexibility index (Phi) is 4.69. The molecule has 0 aliphatic heterocycles. The molecule has 0 saturated heterocycles. The Morgan fingerprint density at radius 3 is 2.61 bits per heavy atom. The van der Waals surface area contributed by atoms with Crippen molar-refractivity contribution in [3.63, 3.8) is 0 Å². The molecule has 0 aliphatic rings. The van der Waals surface area contributed by atoms with Gasteiger partial charge in [-0.25, -0.2) is 4.98 Å². The minimum Gasteiger partial charge on any atom is -0.340 e. The number of nitrogens with one attached hydrogen (secondary N) is 1. The van der Waals surface area contributed by atoms with Crippen LogP contribution in [-0.2, 0) is 0 Å². The van der Waals surface area contributed by atoms with Crippen molar-refractivity contribution in [2.45, 2.75) is 13.0 Å². The second kappa shape index (κ2) is 6.89. The molecular weight excluding hydrogens is 330 g/mol. The summed E-state index contributed by atoms with van der Waals surface area (Å²) < 4.78 is 0. The average molecular weight is 344 g/mol. The van der Waals surface area contributed by atoms with Gasteiger partial charge in [0.1, 0.15) is 5.69 Å². The van der Waals surface area contributed by atoms with Gasteiger partial charge in [-0.1, -0.05) is 29.8 Å². The predicted molar refractivity (Wildman–Crippen MR) is 91.8 cm³/mol. The summed E-state index contributed by atoms with van der Waals surface area (Å²) in [4.78, 5) is 20.8. The van der Waals surface area contributed by atoms with E-state index in [4.69, 9.17) is 11.6 Å². The summed E-state index contributed by atoms with van der Waals surface area (Å²) >= 11 is 7.41. The predicted octanol–water partition coefficient (Wildman–Crippen LogP) is 4.02. The van der Waals surface area contributed by atoms with Crippen molar-refractivity contribution in [1.82, 2.24) is 15.3 Å². The zero-order valence-electron chi connectivity index (χ0n) is 12.4. The number of carbonyl (C=O) groups is 1. The summed E-state index contributed by atoms with van der Waals surface area (Å²) in [6, 6.07) is 10.9. The third kappa shape index (κ3) is 3.75. The minimum absolute atomic E-state index is 0.210. The number of hydrogen-bond donors (Lipinski definition) is 1. The molecule has 0 aliphatic carbocycles. The van der Waals surface area contributed by atoms with E-state index in [0.717, 1.165) is 16.1 Å². The number of rotatable bonds is 4. The van der Waals surface area contributed by atoms with E-state index in [1.807, 2.05) is 31.2 Å². The number of carbonyl (C=O) groups excluding carboxylic acids is 1. The normalized spacial score (nSPS) is 11.9. The van der Waals surface area contributed by atoms with E-state index in [9.17, 15) is 4.79 Å². The van der Waals surface area contributed by atoms with Gasteiger partial charge in [0.15, 0.2) is 0 Å². The van der Waals surface area contributed by atoms with Crippen molar-refractivity contribution in [1.29, 1.82) is 0 Å². The van der Waals surface area contributed by atoms with E-state index in [2.05, 4.69) is 15.3 Å². The molecule has 0 fully saturated rings. The molecular formula is C17H14ClN3OS. The van der Waals surface area contributed by atoms with Crippen LogP contribution >= 0.6 is 22.9 Å². The van der Waals surface area contributed by atoms with Crippen LogP contribution < -0.4 is 5.32 Å². The van der Waals surface area contributed by atoms with Gasteiger partial charge >= 0.3 is 0 Å². The summed E-state index contributed by atoms with van der Waals surface area (Å²) in [5.41, 5.74) is 2.26. The largest absolute Gasteiger partial charge is 0.340 e. The van der Waals surface area contributed by atoms with Crippen LogP contribution in [0.15, 0.2) is 54.2 Å². The Bertz CT molecular complexity index is 802. The lowest BCUT2D eigenvalue weighted by molar-refractivity contribution is 0.0938. The Morgan fingerprint density at radius 2 is 2.00 bits per heavy atom. The molecule has 0 bridgehead atoms. The van der Waals surface area contributed by atoms with Crippen molar-refractivity contribution in [2.75, 3.05) is 0 Å². The maximum absolute atomic E-state index is 12.5. The van der Waals surface area contributed by atoms with Crippen molar-refractivity contribution in [2.24, 2.45) is 0 Å². The third-order valence-corrected chi connectivity index (χ3v) is 4.37. The minimum atomic E-state index is -0.310. The fourth-order valence-electron chi connectivity index (χ4n) is 2.23. The molecule has 116 valence electrons. The number of aromatic nitrogens is 2. The lowest BCUT2D eigenvalue weighted by atomic mass is 10.00. The van der Waals surface area contributed by atoms with Gasteiger partial charge in [0.2, 0.25) is 0 Å². The number of nitrogens with zero attached hydrogens (tertiary/aromatic N) is 2. The molecule has 1 aromatic carbocycles. The fraction of sp³-hybridized carbons (Fsp3) is 0.118. The Morgan fingerprint density at radius 1 is 1.22 bits per heavy atom. The first-order valence-electron chi connectivity index (χ1n) is 7.02. The monoisotopic (exact) mass is 343 g/mol. The van der Waals surface area contributed by atoms with Crippen LogP contribution in [-0.4, -0.2) is 15.9 Å². The second-order valence-corrected chi connectivity index (χ2v) is 6.49. The van der Waals surface area contributed by atoms with Gasteiger partial charge in [-0.05, 0) is 36.2 Å². The van der Waals surface area contributed by atoms with Crippen molar-refractivity contribution >= 4 is 28.8 Å². The highest BCUT2D eigenvalue weighted by Gasteiger charge is 2.19. The number of thiazole rings is 1. The smallest absolute Gasteiger partial charge is 0.271 e. The molecule has 0 radical (unpaired) electrons.